The summed E-state index contributed by atoms with van der Waals surface area (Å²) >= 11 is 0. The summed E-state index contributed by atoms with van der Waals surface area (Å²) in [6.45, 7) is 9.48. The molecule has 0 aromatic carbocycles. The van der Waals surface area contributed by atoms with Crippen LogP contribution in [-0.2, 0) is 0 Å². The van der Waals surface area contributed by atoms with E-state index in [-0.39, 0.29) is 5.79 Å². The molecule has 0 bridgehead atoms. The van der Waals surface area contributed by atoms with Crippen molar-refractivity contribution in [2.75, 3.05) is 13.1 Å². The number of hydrogen-bond acceptors (Lipinski definition) is 4. The first-order valence-electron chi connectivity index (χ1n) is 20.8. The van der Waals surface area contributed by atoms with Crippen LogP contribution in [0.15, 0.2) is 0 Å². The summed E-state index contributed by atoms with van der Waals surface area (Å²) in [6, 6.07) is 3.44. The van der Waals surface area contributed by atoms with Crippen LogP contribution in [0, 0.1) is 0 Å². The lowest BCUT2D eigenvalue weighted by Gasteiger charge is -2.64. The van der Waals surface area contributed by atoms with E-state index in [0.29, 0.717) is 6.04 Å². The van der Waals surface area contributed by atoms with Gasteiger partial charge < -0.3 is 5.32 Å². The Balaban J connectivity index is 1.84. The molecule has 4 saturated carbocycles. The van der Waals surface area contributed by atoms with Crippen molar-refractivity contribution in [3.05, 3.63) is 0 Å². The Morgan fingerprint density at radius 2 is 0.864 bits per heavy atom. The van der Waals surface area contributed by atoms with Crippen molar-refractivity contribution >= 4 is 0 Å². The Bertz CT molecular complexity index is 626. The Morgan fingerprint density at radius 1 is 0.477 bits per heavy atom. The SMILES string of the molecule is CCCCCCCCC(NCCC)C(NCCC)(N(C1CCCCC1)C1CCCCC1)N(C1CCCCC1)C1CCCCC1. The fraction of sp³-hybridized carbons (Fsp3) is 1.00. The quantitative estimate of drug-likeness (QED) is 0.105. The summed E-state index contributed by atoms with van der Waals surface area (Å²) in [5.41, 5.74) is 0. The molecule has 0 aromatic heterocycles. The van der Waals surface area contributed by atoms with Gasteiger partial charge in [0.1, 0.15) is 5.79 Å². The number of hydrogen-bond donors (Lipinski definition) is 2. The van der Waals surface area contributed by atoms with E-state index >= 15 is 0 Å². The van der Waals surface area contributed by atoms with Gasteiger partial charge in [0, 0.05) is 24.2 Å². The van der Waals surface area contributed by atoms with E-state index in [4.69, 9.17) is 0 Å². The molecule has 1 unspecified atom stereocenters. The van der Waals surface area contributed by atoms with Gasteiger partial charge in [-0.3, -0.25) is 15.1 Å². The van der Waals surface area contributed by atoms with Crippen LogP contribution in [-0.4, -0.2) is 58.9 Å². The average Bonchev–Trinajstić information content (AvgIpc) is 3.08. The highest BCUT2D eigenvalue weighted by molar-refractivity contribution is 5.07. The van der Waals surface area contributed by atoms with Crippen LogP contribution < -0.4 is 10.6 Å². The predicted octanol–water partition coefficient (Wildman–Crippen LogP) is 10.7. The second kappa shape index (κ2) is 20.9. The molecule has 0 aliphatic heterocycles. The van der Waals surface area contributed by atoms with Gasteiger partial charge in [0.25, 0.3) is 0 Å². The normalized spacial score (nSPS) is 23.1. The number of nitrogens with zero attached hydrogens (tertiary/aromatic N) is 2. The van der Waals surface area contributed by atoms with Crippen LogP contribution >= 0.6 is 0 Å². The third kappa shape index (κ3) is 10.2. The van der Waals surface area contributed by atoms with Gasteiger partial charge in [0.15, 0.2) is 0 Å². The highest BCUT2D eigenvalue weighted by Gasteiger charge is 2.56. The molecule has 0 aromatic rings. The van der Waals surface area contributed by atoms with Crippen LogP contribution in [0.5, 0.6) is 0 Å². The van der Waals surface area contributed by atoms with Crippen molar-refractivity contribution in [1.82, 2.24) is 20.4 Å². The lowest BCUT2D eigenvalue weighted by atomic mass is 9.81. The molecule has 0 spiro atoms. The van der Waals surface area contributed by atoms with E-state index in [1.807, 2.05) is 0 Å². The molecule has 4 aliphatic rings. The molecule has 0 heterocycles. The van der Waals surface area contributed by atoms with E-state index in [1.165, 1.54) is 186 Å². The standard InChI is InChI=1S/C40H78N4/c1-4-7-8-9-10-23-32-39(41-33-5-2)40(42-34-6-3,43(35-24-15-11-16-25-35)36-26-17-12-18-27-36)44(37-28-19-13-20-29-37)38-30-21-14-22-31-38/h35-39,41-42H,4-34H2,1-3H3. The van der Waals surface area contributed by atoms with Gasteiger partial charge in [0.2, 0.25) is 0 Å². The van der Waals surface area contributed by atoms with Gasteiger partial charge in [0.05, 0.1) is 6.04 Å². The monoisotopic (exact) mass is 615 g/mol. The van der Waals surface area contributed by atoms with Crippen molar-refractivity contribution in [1.29, 1.82) is 0 Å². The zero-order valence-electron chi connectivity index (χ0n) is 30.2. The summed E-state index contributed by atoms with van der Waals surface area (Å²) in [5, 5.41) is 9.02. The van der Waals surface area contributed by atoms with Gasteiger partial charge in [-0.1, -0.05) is 136 Å². The third-order valence-electron chi connectivity index (χ3n) is 12.3. The first-order chi connectivity index (χ1) is 21.8. The maximum atomic E-state index is 4.63. The zero-order chi connectivity index (χ0) is 30.9. The fourth-order valence-electron chi connectivity index (χ4n) is 10.1. The summed E-state index contributed by atoms with van der Waals surface area (Å²) in [6.07, 6.45) is 40.9. The van der Waals surface area contributed by atoms with Gasteiger partial charge in [-0.25, -0.2) is 0 Å². The molecule has 0 radical (unpaired) electrons. The molecule has 4 fully saturated rings. The van der Waals surface area contributed by atoms with E-state index in [1.54, 1.807) is 0 Å². The Morgan fingerprint density at radius 3 is 1.25 bits per heavy atom. The summed E-state index contributed by atoms with van der Waals surface area (Å²) in [7, 11) is 0. The Hall–Kier alpha value is -0.160. The maximum absolute atomic E-state index is 4.63. The smallest absolute Gasteiger partial charge is 0.145 e. The van der Waals surface area contributed by atoms with Crippen LogP contribution in [0.4, 0.5) is 0 Å². The first kappa shape index (κ1) is 36.7. The largest absolute Gasteiger partial charge is 0.310 e. The minimum atomic E-state index is -0.0668. The molecule has 0 amide bonds. The number of rotatable bonds is 20. The maximum Gasteiger partial charge on any atom is 0.145 e. The van der Waals surface area contributed by atoms with E-state index in [0.717, 1.165) is 37.3 Å². The number of nitrogens with one attached hydrogen (secondary N) is 2. The summed E-state index contributed by atoms with van der Waals surface area (Å²) in [4.78, 5) is 6.63. The first-order valence-corrected chi connectivity index (χ1v) is 20.8. The highest BCUT2D eigenvalue weighted by Crippen LogP contribution is 2.44. The van der Waals surface area contributed by atoms with E-state index in [2.05, 4.69) is 41.2 Å². The molecule has 0 saturated heterocycles. The second-order valence-electron chi connectivity index (χ2n) is 15.7. The Kier molecular flexibility index (Phi) is 17.5. The Labute approximate surface area is 276 Å². The number of unbranched alkanes of at least 4 members (excludes halogenated alkanes) is 5. The third-order valence-corrected chi connectivity index (χ3v) is 12.3. The fourth-order valence-corrected chi connectivity index (χ4v) is 10.1. The molecular weight excluding hydrogens is 536 g/mol. The minimum absolute atomic E-state index is 0.0668. The van der Waals surface area contributed by atoms with Crippen molar-refractivity contribution in [3.63, 3.8) is 0 Å². The molecular formula is C40H78N4. The van der Waals surface area contributed by atoms with Crippen molar-refractivity contribution < 1.29 is 0 Å². The van der Waals surface area contributed by atoms with Gasteiger partial charge in [-0.2, -0.15) is 0 Å². The molecule has 1 atom stereocenters. The van der Waals surface area contributed by atoms with E-state index in [9.17, 15) is 0 Å². The van der Waals surface area contributed by atoms with Crippen LogP contribution in [0.25, 0.3) is 0 Å². The highest BCUT2D eigenvalue weighted by atomic mass is 15.6. The topological polar surface area (TPSA) is 30.5 Å². The van der Waals surface area contributed by atoms with Crippen LogP contribution in [0.2, 0.25) is 0 Å². The molecule has 44 heavy (non-hydrogen) atoms. The van der Waals surface area contributed by atoms with Gasteiger partial charge in [-0.15, -0.1) is 0 Å². The second-order valence-corrected chi connectivity index (χ2v) is 15.7. The zero-order valence-corrected chi connectivity index (χ0v) is 30.2. The van der Waals surface area contributed by atoms with E-state index < -0.39 is 0 Å². The van der Waals surface area contributed by atoms with Crippen molar-refractivity contribution in [2.24, 2.45) is 0 Å². The molecule has 4 heteroatoms. The van der Waals surface area contributed by atoms with Crippen LogP contribution in [0.1, 0.15) is 207 Å². The summed E-state index contributed by atoms with van der Waals surface area (Å²) < 4.78 is 0. The van der Waals surface area contributed by atoms with Crippen molar-refractivity contribution in [2.45, 2.75) is 243 Å². The molecule has 2 N–H and O–H groups in total. The minimum Gasteiger partial charge on any atom is -0.310 e. The summed E-state index contributed by atoms with van der Waals surface area (Å²) in [5.74, 6) is -0.0668. The molecule has 4 nitrogen and oxygen atoms in total. The predicted molar refractivity (Wildman–Crippen MR) is 192 cm³/mol. The molecule has 258 valence electrons. The molecule has 4 aliphatic carbocycles. The lowest BCUT2D eigenvalue weighted by Crippen LogP contribution is -2.82. The van der Waals surface area contributed by atoms with Gasteiger partial charge >= 0.3 is 0 Å². The van der Waals surface area contributed by atoms with Crippen LogP contribution in [0.3, 0.4) is 0 Å². The van der Waals surface area contributed by atoms with Crippen molar-refractivity contribution in [3.8, 4) is 0 Å². The van der Waals surface area contributed by atoms with Gasteiger partial charge in [-0.05, 0) is 83.7 Å². The lowest BCUT2D eigenvalue weighted by molar-refractivity contribution is -0.196. The average molecular weight is 615 g/mol. The molecule has 4 rings (SSSR count).